The molecule has 0 unspecified atom stereocenters. The van der Waals surface area contributed by atoms with Crippen LogP contribution in [0.2, 0.25) is 0 Å². The highest BCUT2D eigenvalue weighted by atomic mass is 16.4. The van der Waals surface area contributed by atoms with Gasteiger partial charge in [0.2, 0.25) is 0 Å². The molecule has 0 radical (unpaired) electrons. The molecule has 5 nitrogen and oxygen atoms in total. The Kier molecular flexibility index (Phi) is 2.14. The van der Waals surface area contributed by atoms with Crippen molar-refractivity contribution in [2.75, 3.05) is 0 Å². The number of carbonyl (C=O) groups is 2. The summed E-state index contributed by atoms with van der Waals surface area (Å²) in [6.45, 7) is 0. The van der Waals surface area contributed by atoms with E-state index in [2.05, 4.69) is 5.32 Å². The van der Waals surface area contributed by atoms with Crippen LogP contribution in [0, 0.1) is 0 Å². The average Bonchev–Trinajstić information content (AvgIpc) is 2.04. The van der Waals surface area contributed by atoms with Gasteiger partial charge < -0.3 is 16.2 Å². The number of amides is 1. The van der Waals surface area contributed by atoms with E-state index in [9.17, 15) is 9.59 Å². The Morgan fingerprint density at radius 1 is 1.58 bits per heavy atom. The number of hydrogen-bond donors (Lipinski definition) is 3. The molecule has 4 N–H and O–H groups in total. The number of aliphatic carboxylic acids is 1. The van der Waals surface area contributed by atoms with E-state index in [1.807, 2.05) is 0 Å². The zero-order chi connectivity index (χ0) is 9.14. The summed E-state index contributed by atoms with van der Waals surface area (Å²) in [6.07, 6.45) is 2.94. The van der Waals surface area contributed by atoms with Crippen molar-refractivity contribution in [3.63, 3.8) is 0 Å². The lowest BCUT2D eigenvalue weighted by Crippen LogP contribution is -2.26. The van der Waals surface area contributed by atoms with Crippen molar-refractivity contribution in [1.82, 2.24) is 5.32 Å². The molecule has 0 aromatic rings. The van der Waals surface area contributed by atoms with Crippen molar-refractivity contribution in [2.24, 2.45) is 5.73 Å². The lowest BCUT2D eigenvalue weighted by molar-refractivity contribution is -0.132. The Balaban J connectivity index is 2.66. The van der Waals surface area contributed by atoms with Crippen LogP contribution in [0.5, 0.6) is 0 Å². The zero-order valence-corrected chi connectivity index (χ0v) is 6.20. The van der Waals surface area contributed by atoms with E-state index in [1.54, 1.807) is 0 Å². The van der Waals surface area contributed by atoms with Gasteiger partial charge in [0.25, 0.3) is 5.91 Å². The highest BCUT2D eigenvalue weighted by Crippen LogP contribution is 2.08. The van der Waals surface area contributed by atoms with Gasteiger partial charge >= 0.3 is 5.97 Å². The molecule has 0 bridgehead atoms. The second-order valence-electron chi connectivity index (χ2n) is 2.31. The average molecular weight is 168 g/mol. The molecule has 12 heavy (non-hydrogen) atoms. The first-order valence-electron chi connectivity index (χ1n) is 3.30. The number of allylic oxidation sites excluding steroid dienone is 1. The predicted octanol–water partition coefficient (Wildman–Crippen LogP) is -0.683. The number of dihydropyridines is 1. The summed E-state index contributed by atoms with van der Waals surface area (Å²) in [5.74, 6) is -1.59. The van der Waals surface area contributed by atoms with Crippen LogP contribution >= 0.6 is 0 Å². The minimum absolute atomic E-state index is 0.208. The molecule has 0 aliphatic carbocycles. The summed E-state index contributed by atoms with van der Waals surface area (Å²) in [7, 11) is 0. The number of carboxylic acid groups (broad SMARTS) is 1. The maximum Gasteiger partial charge on any atom is 0.333 e. The van der Waals surface area contributed by atoms with Crippen molar-refractivity contribution in [3.05, 3.63) is 23.5 Å². The number of primary amides is 1. The van der Waals surface area contributed by atoms with Gasteiger partial charge in [-0.2, -0.15) is 0 Å². The van der Waals surface area contributed by atoms with E-state index in [0.29, 0.717) is 0 Å². The highest BCUT2D eigenvalue weighted by molar-refractivity contribution is 5.93. The van der Waals surface area contributed by atoms with Crippen molar-refractivity contribution < 1.29 is 14.7 Å². The first-order chi connectivity index (χ1) is 5.61. The fraction of sp³-hybridized carbons (Fsp3) is 0.143. The van der Waals surface area contributed by atoms with Crippen LogP contribution in [0.25, 0.3) is 0 Å². The van der Waals surface area contributed by atoms with Gasteiger partial charge in [-0.05, 0) is 0 Å². The fourth-order valence-electron chi connectivity index (χ4n) is 0.816. The summed E-state index contributed by atoms with van der Waals surface area (Å²) in [4.78, 5) is 20.9. The monoisotopic (exact) mass is 168 g/mol. The van der Waals surface area contributed by atoms with Crippen molar-refractivity contribution in [3.8, 4) is 0 Å². The third-order valence-electron chi connectivity index (χ3n) is 1.47. The first kappa shape index (κ1) is 8.32. The third-order valence-corrected chi connectivity index (χ3v) is 1.47. The van der Waals surface area contributed by atoms with Crippen molar-refractivity contribution in [2.45, 2.75) is 6.42 Å². The molecule has 0 saturated heterocycles. The highest BCUT2D eigenvalue weighted by Gasteiger charge is 2.12. The minimum atomic E-state index is -0.998. The lowest BCUT2D eigenvalue weighted by Gasteiger charge is -2.09. The molecule has 0 aromatic carbocycles. The molecule has 0 aromatic heterocycles. The SMILES string of the molecule is NC(=O)C1=CCC(C(=O)O)=CN1. The Hall–Kier alpha value is -1.78. The van der Waals surface area contributed by atoms with E-state index < -0.39 is 11.9 Å². The zero-order valence-electron chi connectivity index (χ0n) is 6.20. The fourth-order valence-corrected chi connectivity index (χ4v) is 0.816. The quantitative estimate of drug-likeness (QED) is 0.509. The van der Waals surface area contributed by atoms with Crippen molar-refractivity contribution in [1.29, 1.82) is 0 Å². The van der Waals surface area contributed by atoms with Gasteiger partial charge in [-0.15, -0.1) is 0 Å². The lowest BCUT2D eigenvalue weighted by atomic mass is 10.1. The molecule has 0 fully saturated rings. The molecule has 1 aliphatic rings. The molecular formula is C7H8N2O3. The van der Waals surface area contributed by atoms with Crippen LogP contribution < -0.4 is 11.1 Å². The van der Waals surface area contributed by atoms with Crippen LogP contribution in [0.1, 0.15) is 6.42 Å². The number of nitrogens with one attached hydrogen (secondary N) is 1. The van der Waals surface area contributed by atoms with E-state index >= 15 is 0 Å². The molecule has 0 spiro atoms. The molecule has 0 saturated carbocycles. The molecule has 1 aliphatic heterocycles. The van der Waals surface area contributed by atoms with Crippen molar-refractivity contribution >= 4 is 11.9 Å². The summed E-state index contributed by atoms with van der Waals surface area (Å²) < 4.78 is 0. The Morgan fingerprint density at radius 3 is 2.58 bits per heavy atom. The number of carboxylic acids is 1. The molecule has 1 heterocycles. The molecule has 64 valence electrons. The van der Waals surface area contributed by atoms with E-state index in [4.69, 9.17) is 10.8 Å². The number of carbonyl (C=O) groups excluding carboxylic acids is 1. The molecule has 1 amide bonds. The second-order valence-corrected chi connectivity index (χ2v) is 2.31. The third kappa shape index (κ3) is 1.63. The number of nitrogens with two attached hydrogens (primary N) is 1. The van der Waals surface area contributed by atoms with E-state index in [-0.39, 0.29) is 17.7 Å². The van der Waals surface area contributed by atoms with Crippen LogP contribution in [0.15, 0.2) is 23.5 Å². The van der Waals surface area contributed by atoms with Crippen LogP contribution in [-0.4, -0.2) is 17.0 Å². The van der Waals surface area contributed by atoms with Crippen LogP contribution in [-0.2, 0) is 9.59 Å². The minimum Gasteiger partial charge on any atom is -0.478 e. The summed E-state index contributed by atoms with van der Waals surface area (Å²) in [5.41, 5.74) is 5.39. The van der Waals surface area contributed by atoms with Gasteiger partial charge in [0.05, 0.1) is 11.3 Å². The molecular weight excluding hydrogens is 160 g/mol. The normalized spacial score (nSPS) is 15.7. The van der Waals surface area contributed by atoms with Crippen LogP contribution in [0.4, 0.5) is 0 Å². The van der Waals surface area contributed by atoms with Crippen LogP contribution in [0.3, 0.4) is 0 Å². The Morgan fingerprint density at radius 2 is 2.25 bits per heavy atom. The van der Waals surface area contributed by atoms with E-state index in [0.717, 1.165) is 0 Å². The molecule has 1 rings (SSSR count). The summed E-state index contributed by atoms with van der Waals surface area (Å²) >= 11 is 0. The molecule has 0 atom stereocenters. The van der Waals surface area contributed by atoms with Gasteiger partial charge in [-0.25, -0.2) is 4.79 Å². The maximum atomic E-state index is 10.5. The summed E-state index contributed by atoms with van der Waals surface area (Å²) in [6, 6.07) is 0. The summed E-state index contributed by atoms with van der Waals surface area (Å²) in [5, 5.41) is 11.0. The Labute approximate surface area is 68.6 Å². The number of rotatable bonds is 2. The largest absolute Gasteiger partial charge is 0.478 e. The first-order valence-corrected chi connectivity index (χ1v) is 3.30. The topological polar surface area (TPSA) is 92.4 Å². The van der Waals surface area contributed by atoms with Gasteiger partial charge in [0.15, 0.2) is 0 Å². The van der Waals surface area contributed by atoms with Gasteiger partial charge in [-0.1, -0.05) is 6.08 Å². The van der Waals surface area contributed by atoms with Gasteiger partial charge in [-0.3, -0.25) is 4.79 Å². The predicted molar refractivity (Wildman–Crippen MR) is 40.7 cm³/mol. The van der Waals surface area contributed by atoms with Gasteiger partial charge in [0.1, 0.15) is 0 Å². The van der Waals surface area contributed by atoms with Gasteiger partial charge in [0, 0.05) is 12.6 Å². The smallest absolute Gasteiger partial charge is 0.333 e. The maximum absolute atomic E-state index is 10.5. The molecule has 5 heteroatoms. The second kappa shape index (κ2) is 3.08. The number of hydrogen-bond acceptors (Lipinski definition) is 3. The van der Waals surface area contributed by atoms with E-state index in [1.165, 1.54) is 12.3 Å². The Bertz CT molecular complexity index is 261. The standard InChI is InChI=1S/C7H8N2O3/c8-6(10)5-2-1-4(3-9-5)7(11)12/h2-3,9H,1H2,(H2,8,10)(H,11,12).